The third kappa shape index (κ3) is 4.46. The van der Waals surface area contributed by atoms with E-state index in [1.165, 1.54) is 19.3 Å². The maximum atomic E-state index is 12.0. The Kier molecular flexibility index (Phi) is 5.62. The quantitative estimate of drug-likeness (QED) is 0.876. The second kappa shape index (κ2) is 7.46. The molecule has 2 rings (SSSR count). The van der Waals surface area contributed by atoms with Gasteiger partial charge < -0.3 is 15.8 Å². The zero-order chi connectivity index (χ0) is 15.2. The maximum Gasteiger partial charge on any atom is 0.258 e. The van der Waals surface area contributed by atoms with Gasteiger partial charge in [-0.25, -0.2) is 0 Å². The van der Waals surface area contributed by atoms with Crippen molar-refractivity contribution < 1.29 is 9.53 Å². The smallest absolute Gasteiger partial charge is 0.258 e. The van der Waals surface area contributed by atoms with Gasteiger partial charge in [0, 0.05) is 12.6 Å². The van der Waals surface area contributed by atoms with Crippen LogP contribution in [0.3, 0.4) is 0 Å². The molecule has 3 N–H and O–H groups in total. The largest absolute Gasteiger partial charge is 0.483 e. The Hall–Kier alpha value is -1.55. The number of amides is 1. The Bertz CT molecular complexity index is 471. The number of ether oxygens (including phenoxy) is 1. The molecule has 1 aliphatic rings. The third-order valence-electron chi connectivity index (χ3n) is 4.07. The van der Waals surface area contributed by atoms with Crippen molar-refractivity contribution in [1.82, 2.24) is 5.32 Å². The predicted octanol–water partition coefficient (Wildman–Crippen LogP) is 2.59. The van der Waals surface area contributed by atoms with Crippen LogP contribution in [0.2, 0.25) is 0 Å². The van der Waals surface area contributed by atoms with E-state index in [1.54, 1.807) is 0 Å². The molecule has 0 radical (unpaired) electrons. The molecule has 0 spiro atoms. The molecule has 0 unspecified atom stereocenters. The molecular formula is C17H26N2O2. The highest BCUT2D eigenvalue weighted by Gasteiger charge is 2.16. The monoisotopic (exact) mass is 290 g/mol. The molecule has 0 bridgehead atoms. The second-order valence-electron chi connectivity index (χ2n) is 5.95. The van der Waals surface area contributed by atoms with Gasteiger partial charge in [0.15, 0.2) is 6.61 Å². The van der Waals surface area contributed by atoms with Gasteiger partial charge in [0.05, 0.1) is 0 Å². The number of nitrogens with one attached hydrogen (secondary N) is 1. The average molecular weight is 290 g/mol. The van der Waals surface area contributed by atoms with Crippen LogP contribution in [-0.2, 0) is 11.3 Å². The minimum atomic E-state index is -0.0244. The molecule has 4 heteroatoms. The summed E-state index contributed by atoms with van der Waals surface area (Å²) in [4.78, 5) is 12.0. The number of hydrogen-bond donors (Lipinski definition) is 2. The Morgan fingerprint density at radius 1 is 1.24 bits per heavy atom. The van der Waals surface area contributed by atoms with Gasteiger partial charge >= 0.3 is 0 Å². The SMILES string of the molecule is Cc1cc(CN)cc(C)c1OCC(=O)NC1CCCCC1. The van der Waals surface area contributed by atoms with E-state index >= 15 is 0 Å². The molecule has 116 valence electrons. The lowest BCUT2D eigenvalue weighted by atomic mass is 9.95. The Balaban J connectivity index is 1.88. The molecule has 0 aliphatic heterocycles. The Morgan fingerprint density at radius 3 is 2.43 bits per heavy atom. The van der Waals surface area contributed by atoms with Crippen molar-refractivity contribution in [3.63, 3.8) is 0 Å². The zero-order valence-electron chi connectivity index (χ0n) is 13.1. The molecule has 1 aromatic carbocycles. The number of benzene rings is 1. The second-order valence-corrected chi connectivity index (χ2v) is 5.95. The number of rotatable bonds is 5. The summed E-state index contributed by atoms with van der Waals surface area (Å²) >= 11 is 0. The minimum absolute atomic E-state index is 0.0244. The molecule has 4 nitrogen and oxygen atoms in total. The van der Waals surface area contributed by atoms with Crippen molar-refractivity contribution in [2.75, 3.05) is 6.61 Å². The maximum absolute atomic E-state index is 12.0. The first-order valence-corrected chi connectivity index (χ1v) is 7.82. The number of carbonyl (C=O) groups excluding carboxylic acids is 1. The van der Waals surface area contributed by atoms with E-state index in [0.29, 0.717) is 12.6 Å². The van der Waals surface area contributed by atoms with Crippen LogP contribution in [0.25, 0.3) is 0 Å². The van der Waals surface area contributed by atoms with E-state index < -0.39 is 0 Å². The van der Waals surface area contributed by atoms with E-state index in [2.05, 4.69) is 5.32 Å². The third-order valence-corrected chi connectivity index (χ3v) is 4.07. The van der Waals surface area contributed by atoms with Gasteiger partial charge in [0.1, 0.15) is 5.75 Å². The minimum Gasteiger partial charge on any atom is -0.483 e. The van der Waals surface area contributed by atoms with E-state index in [9.17, 15) is 4.79 Å². The number of nitrogens with two attached hydrogens (primary N) is 1. The van der Waals surface area contributed by atoms with E-state index in [4.69, 9.17) is 10.5 Å². The van der Waals surface area contributed by atoms with Crippen molar-refractivity contribution in [2.45, 2.75) is 58.5 Å². The first kappa shape index (κ1) is 15.8. The molecule has 0 atom stereocenters. The highest BCUT2D eigenvalue weighted by atomic mass is 16.5. The summed E-state index contributed by atoms with van der Waals surface area (Å²) < 4.78 is 5.72. The summed E-state index contributed by atoms with van der Waals surface area (Å²) in [5.74, 6) is 0.773. The van der Waals surface area contributed by atoms with Crippen molar-refractivity contribution in [1.29, 1.82) is 0 Å². The zero-order valence-corrected chi connectivity index (χ0v) is 13.1. The fraction of sp³-hybridized carbons (Fsp3) is 0.588. The molecule has 1 fully saturated rings. The van der Waals surface area contributed by atoms with E-state index in [0.717, 1.165) is 35.3 Å². The first-order valence-electron chi connectivity index (χ1n) is 7.82. The average Bonchev–Trinajstić information content (AvgIpc) is 2.47. The molecule has 1 aliphatic carbocycles. The summed E-state index contributed by atoms with van der Waals surface area (Å²) in [6, 6.07) is 4.36. The van der Waals surface area contributed by atoms with Crippen LogP contribution < -0.4 is 15.8 Å². The highest BCUT2D eigenvalue weighted by Crippen LogP contribution is 2.24. The van der Waals surface area contributed by atoms with Crippen LogP contribution in [0.5, 0.6) is 5.75 Å². The number of aryl methyl sites for hydroxylation is 2. The van der Waals surface area contributed by atoms with Crippen LogP contribution in [-0.4, -0.2) is 18.6 Å². The van der Waals surface area contributed by atoms with Crippen LogP contribution in [0.4, 0.5) is 0 Å². The van der Waals surface area contributed by atoms with Gasteiger partial charge in [-0.2, -0.15) is 0 Å². The fourth-order valence-electron chi connectivity index (χ4n) is 3.04. The lowest BCUT2D eigenvalue weighted by molar-refractivity contribution is -0.124. The van der Waals surface area contributed by atoms with Crippen LogP contribution in [0, 0.1) is 13.8 Å². The van der Waals surface area contributed by atoms with Crippen molar-refractivity contribution in [2.24, 2.45) is 5.73 Å². The normalized spacial score (nSPS) is 15.8. The number of hydrogen-bond acceptors (Lipinski definition) is 3. The molecule has 0 heterocycles. The topological polar surface area (TPSA) is 64.3 Å². The predicted molar refractivity (Wildman–Crippen MR) is 84.3 cm³/mol. The Morgan fingerprint density at radius 2 is 1.86 bits per heavy atom. The fourth-order valence-corrected chi connectivity index (χ4v) is 3.04. The molecule has 0 saturated heterocycles. The summed E-state index contributed by atoms with van der Waals surface area (Å²) in [6.45, 7) is 4.57. The van der Waals surface area contributed by atoms with Crippen molar-refractivity contribution >= 4 is 5.91 Å². The van der Waals surface area contributed by atoms with Gasteiger partial charge in [-0.3, -0.25) is 4.79 Å². The van der Waals surface area contributed by atoms with Crippen LogP contribution in [0.15, 0.2) is 12.1 Å². The molecule has 1 saturated carbocycles. The summed E-state index contributed by atoms with van der Waals surface area (Å²) in [5.41, 5.74) is 8.80. The summed E-state index contributed by atoms with van der Waals surface area (Å²) in [7, 11) is 0. The summed E-state index contributed by atoms with van der Waals surface area (Å²) in [6.07, 6.45) is 5.90. The van der Waals surface area contributed by atoms with Gasteiger partial charge in [0.2, 0.25) is 0 Å². The van der Waals surface area contributed by atoms with Crippen LogP contribution in [0.1, 0.15) is 48.8 Å². The Labute approximate surface area is 127 Å². The van der Waals surface area contributed by atoms with Gasteiger partial charge in [-0.15, -0.1) is 0 Å². The van der Waals surface area contributed by atoms with E-state index in [1.807, 2.05) is 26.0 Å². The molecule has 1 aromatic rings. The molecule has 1 amide bonds. The highest BCUT2D eigenvalue weighted by molar-refractivity contribution is 5.78. The molecule has 0 aromatic heterocycles. The van der Waals surface area contributed by atoms with Crippen molar-refractivity contribution in [3.8, 4) is 5.75 Å². The summed E-state index contributed by atoms with van der Waals surface area (Å²) in [5, 5.41) is 3.07. The lowest BCUT2D eigenvalue weighted by Crippen LogP contribution is -2.39. The van der Waals surface area contributed by atoms with Gasteiger partial charge in [0.25, 0.3) is 5.91 Å². The van der Waals surface area contributed by atoms with Crippen LogP contribution >= 0.6 is 0 Å². The lowest BCUT2D eigenvalue weighted by Gasteiger charge is -2.23. The van der Waals surface area contributed by atoms with Crippen molar-refractivity contribution in [3.05, 3.63) is 28.8 Å². The van der Waals surface area contributed by atoms with E-state index in [-0.39, 0.29) is 12.5 Å². The standard InChI is InChI=1S/C17H26N2O2/c1-12-8-14(10-18)9-13(2)17(12)21-11-16(20)19-15-6-4-3-5-7-15/h8-9,15H,3-7,10-11,18H2,1-2H3,(H,19,20). The van der Waals surface area contributed by atoms with Gasteiger partial charge in [-0.05, 0) is 43.4 Å². The van der Waals surface area contributed by atoms with Gasteiger partial charge in [-0.1, -0.05) is 31.4 Å². The molecular weight excluding hydrogens is 264 g/mol. The number of carbonyl (C=O) groups is 1. The molecule has 21 heavy (non-hydrogen) atoms. The first-order chi connectivity index (χ1) is 10.1.